The number of nitrogens with zero attached hydrogens (tertiary/aromatic N) is 5. The highest BCUT2D eigenvalue weighted by Gasteiger charge is 2.32. The van der Waals surface area contributed by atoms with E-state index in [1.807, 2.05) is 16.2 Å². The van der Waals surface area contributed by atoms with Crippen LogP contribution in [0.5, 0.6) is 0 Å². The molecule has 1 amide bonds. The molecule has 1 atom stereocenters. The van der Waals surface area contributed by atoms with E-state index in [0.717, 1.165) is 40.2 Å². The summed E-state index contributed by atoms with van der Waals surface area (Å²) in [5.74, 6) is 2.82. The van der Waals surface area contributed by atoms with Gasteiger partial charge in [-0.2, -0.15) is 0 Å². The van der Waals surface area contributed by atoms with E-state index >= 15 is 0 Å². The lowest BCUT2D eigenvalue weighted by Gasteiger charge is -2.30. The van der Waals surface area contributed by atoms with Crippen molar-refractivity contribution in [2.75, 3.05) is 5.75 Å². The summed E-state index contributed by atoms with van der Waals surface area (Å²) in [6.45, 7) is 10.6. The fraction of sp³-hybridized carbons (Fsp3) is 0.652. The number of carbonyl (C=O) groups is 1. The highest BCUT2D eigenvalue weighted by Crippen LogP contribution is 2.44. The van der Waals surface area contributed by atoms with Crippen molar-refractivity contribution in [3.8, 4) is 0 Å². The molecule has 31 heavy (non-hydrogen) atoms. The molecule has 0 spiro atoms. The maximum atomic E-state index is 12.9. The van der Waals surface area contributed by atoms with Crippen LogP contribution in [0.25, 0.3) is 15.9 Å². The first-order chi connectivity index (χ1) is 14.8. The van der Waals surface area contributed by atoms with Gasteiger partial charge in [-0.05, 0) is 71.3 Å². The van der Waals surface area contributed by atoms with Gasteiger partial charge in [-0.15, -0.1) is 21.5 Å². The van der Waals surface area contributed by atoms with Gasteiger partial charge in [0.1, 0.15) is 10.7 Å². The van der Waals surface area contributed by atoms with Gasteiger partial charge in [0.15, 0.2) is 10.8 Å². The van der Waals surface area contributed by atoms with Gasteiger partial charge in [-0.25, -0.2) is 4.98 Å². The van der Waals surface area contributed by atoms with Gasteiger partial charge in [-0.1, -0.05) is 18.7 Å². The first-order valence-electron chi connectivity index (χ1n) is 11.5. The maximum Gasteiger partial charge on any atom is 0.233 e. The second kappa shape index (κ2) is 8.03. The molecule has 8 heteroatoms. The zero-order chi connectivity index (χ0) is 21.9. The second-order valence-electron chi connectivity index (χ2n) is 9.69. The average Bonchev–Trinajstić information content (AvgIpc) is 3.36. The average molecular weight is 458 g/mol. The Morgan fingerprint density at radius 3 is 2.61 bits per heavy atom. The predicted molar refractivity (Wildman–Crippen MR) is 127 cm³/mol. The Morgan fingerprint density at radius 2 is 1.94 bits per heavy atom. The van der Waals surface area contributed by atoms with Crippen molar-refractivity contribution >= 4 is 44.9 Å². The quantitative estimate of drug-likeness (QED) is 0.483. The maximum absolute atomic E-state index is 12.9. The number of hydrogen-bond donors (Lipinski definition) is 0. The Kier molecular flexibility index (Phi) is 5.49. The fourth-order valence-electron chi connectivity index (χ4n) is 4.92. The van der Waals surface area contributed by atoms with Crippen molar-refractivity contribution in [1.29, 1.82) is 0 Å². The molecular formula is C23H31N5OS2. The minimum absolute atomic E-state index is 0.149. The Hall–Kier alpha value is -1.67. The van der Waals surface area contributed by atoms with Crippen LogP contribution in [-0.4, -0.2) is 48.2 Å². The Morgan fingerprint density at radius 1 is 1.19 bits per heavy atom. The van der Waals surface area contributed by atoms with E-state index in [2.05, 4.69) is 49.2 Å². The van der Waals surface area contributed by atoms with E-state index in [1.54, 1.807) is 0 Å². The third-order valence-electron chi connectivity index (χ3n) is 6.46. The van der Waals surface area contributed by atoms with Gasteiger partial charge in [0.05, 0.1) is 11.1 Å². The van der Waals surface area contributed by atoms with Gasteiger partial charge >= 0.3 is 0 Å². The molecule has 1 saturated carbocycles. The number of hydrogen-bond acceptors (Lipinski definition) is 6. The standard InChI is InChI=1S/C23H31N5OS2/c1-12(2)27(13(3)4)18(29)11-30-23-26-25-21-19-16-9-6-14(5)10-17(16)31-22(19)24-20(28(21)23)15-7-8-15/h12-15H,6-11H2,1-5H3/t14-/m0/s1. The van der Waals surface area contributed by atoms with Crippen molar-refractivity contribution in [2.24, 2.45) is 5.92 Å². The number of amides is 1. The normalized spacial score (nSPS) is 19.0. The first-order valence-corrected chi connectivity index (χ1v) is 13.3. The van der Waals surface area contributed by atoms with Crippen molar-refractivity contribution in [2.45, 2.75) is 89.9 Å². The largest absolute Gasteiger partial charge is 0.337 e. The van der Waals surface area contributed by atoms with E-state index in [9.17, 15) is 4.79 Å². The highest BCUT2D eigenvalue weighted by molar-refractivity contribution is 7.99. The Labute approximate surface area is 191 Å². The molecule has 3 heterocycles. The van der Waals surface area contributed by atoms with E-state index in [-0.39, 0.29) is 18.0 Å². The summed E-state index contributed by atoms with van der Waals surface area (Å²) in [5.41, 5.74) is 2.38. The topological polar surface area (TPSA) is 63.4 Å². The van der Waals surface area contributed by atoms with Crippen LogP contribution in [0.2, 0.25) is 0 Å². The highest BCUT2D eigenvalue weighted by atomic mass is 32.2. The van der Waals surface area contributed by atoms with Crippen LogP contribution >= 0.6 is 23.1 Å². The molecule has 1 fully saturated rings. The third-order valence-corrected chi connectivity index (χ3v) is 8.53. The number of aromatic nitrogens is 4. The fourth-order valence-corrected chi connectivity index (χ4v) is 7.11. The minimum atomic E-state index is 0.149. The molecule has 0 bridgehead atoms. The number of thioether (sulfide) groups is 1. The second-order valence-corrected chi connectivity index (χ2v) is 11.7. The van der Waals surface area contributed by atoms with Gasteiger partial charge in [0.2, 0.25) is 5.91 Å². The molecule has 166 valence electrons. The number of fused-ring (bicyclic) bond motifs is 5. The summed E-state index contributed by atoms with van der Waals surface area (Å²) in [6, 6.07) is 0.373. The van der Waals surface area contributed by atoms with Gasteiger partial charge in [0.25, 0.3) is 0 Å². The molecule has 0 unspecified atom stereocenters. The number of thiophene rings is 1. The number of aryl methyl sites for hydroxylation is 1. The minimum Gasteiger partial charge on any atom is -0.337 e. The number of carbonyl (C=O) groups excluding carboxylic acids is 1. The van der Waals surface area contributed by atoms with Crippen LogP contribution in [0.3, 0.4) is 0 Å². The van der Waals surface area contributed by atoms with E-state index < -0.39 is 0 Å². The molecule has 0 saturated heterocycles. The van der Waals surface area contributed by atoms with E-state index in [4.69, 9.17) is 4.98 Å². The first kappa shape index (κ1) is 21.2. The van der Waals surface area contributed by atoms with Crippen LogP contribution in [0.1, 0.15) is 76.1 Å². The monoisotopic (exact) mass is 457 g/mol. The van der Waals surface area contributed by atoms with Crippen LogP contribution in [0, 0.1) is 5.92 Å². The number of rotatable bonds is 6. The summed E-state index contributed by atoms with van der Waals surface area (Å²) >= 11 is 3.35. The van der Waals surface area contributed by atoms with E-state index in [1.165, 1.54) is 46.9 Å². The van der Waals surface area contributed by atoms with E-state index in [0.29, 0.717) is 11.7 Å². The van der Waals surface area contributed by atoms with Gasteiger partial charge < -0.3 is 4.90 Å². The van der Waals surface area contributed by atoms with Crippen LogP contribution in [-0.2, 0) is 17.6 Å². The van der Waals surface area contributed by atoms with Crippen molar-refractivity contribution in [3.05, 3.63) is 16.3 Å². The molecule has 0 radical (unpaired) electrons. The van der Waals surface area contributed by atoms with Gasteiger partial charge in [-0.3, -0.25) is 9.20 Å². The van der Waals surface area contributed by atoms with Crippen molar-refractivity contribution in [1.82, 2.24) is 24.5 Å². The molecule has 2 aliphatic carbocycles. The van der Waals surface area contributed by atoms with Crippen LogP contribution in [0.15, 0.2) is 5.16 Å². The zero-order valence-electron chi connectivity index (χ0n) is 19.0. The summed E-state index contributed by atoms with van der Waals surface area (Å²) < 4.78 is 2.16. The van der Waals surface area contributed by atoms with Gasteiger partial charge in [0, 0.05) is 22.9 Å². The SMILES string of the molecule is CC(C)N(C(=O)CSc1nnc2c3c4c(sc3nc(C3CC3)n12)C[C@@H](C)CC4)C(C)C. The van der Waals surface area contributed by atoms with Crippen molar-refractivity contribution < 1.29 is 4.79 Å². The summed E-state index contributed by atoms with van der Waals surface area (Å²) in [6.07, 6.45) is 5.81. The predicted octanol–water partition coefficient (Wildman–Crippen LogP) is 5.08. The Bertz CT molecular complexity index is 1140. The van der Waals surface area contributed by atoms with Crippen molar-refractivity contribution in [3.63, 3.8) is 0 Å². The van der Waals surface area contributed by atoms with Crippen LogP contribution < -0.4 is 0 Å². The molecule has 3 aromatic rings. The summed E-state index contributed by atoms with van der Waals surface area (Å²) in [7, 11) is 0. The molecule has 2 aliphatic rings. The lowest BCUT2D eigenvalue weighted by molar-refractivity contribution is -0.131. The summed E-state index contributed by atoms with van der Waals surface area (Å²) in [5, 5.41) is 11.2. The lowest BCUT2D eigenvalue weighted by Crippen LogP contribution is -2.43. The molecule has 0 aliphatic heterocycles. The molecule has 5 rings (SSSR count). The third kappa shape index (κ3) is 3.75. The molecule has 3 aromatic heterocycles. The van der Waals surface area contributed by atoms with Crippen LogP contribution in [0.4, 0.5) is 0 Å². The molecular weight excluding hydrogens is 426 g/mol. The molecule has 0 aromatic carbocycles. The lowest BCUT2D eigenvalue weighted by atomic mass is 9.89. The summed E-state index contributed by atoms with van der Waals surface area (Å²) in [4.78, 5) is 22.6. The molecule has 0 N–H and O–H groups in total. The molecule has 6 nitrogen and oxygen atoms in total. The Balaban J connectivity index is 1.54. The zero-order valence-corrected chi connectivity index (χ0v) is 20.6. The smallest absolute Gasteiger partial charge is 0.233 e.